The molecular weight excluding hydrogens is 462 g/mol. The minimum absolute atomic E-state index is 0.313. The smallest absolute Gasteiger partial charge is 0.298 e. The number of anilines is 1. The summed E-state index contributed by atoms with van der Waals surface area (Å²) in [5.41, 5.74) is 2.52. The van der Waals surface area contributed by atoms with Gasteiger partial charge in [0.05, 0.1) is 10.6 Å². The number of imide groups is 1. The fourth-order valence-electron chi connectivity index (χ4n) is 2.79. The average molecular weight is 475 g/mol. The molecule has 3 aromatic rings. The van der Waals surface area contributed by atoms with Gasteiger partial charge in [0.25, 0.3) is 11.1 Å². The van der Waals surface area contributed by atoms with Crippen LogP contribution >= 0.6 is 39.3 Å². The number of benzene rings is 2. The quantitative estimate of drug-likeness (QED) is 0.387. The SMILES string of the molecule is Cc1cc(-c2ccc(/C=C3\SC(=O)N(c4ccc(Cl)cc4)C3=O)o2)ccc1Br. The molecule has 0 aliphatic carbocycles. The second-order valence-corrected chi connectivity index (χ2v) is 8.44. The van der Waals surface area contributed by atoms with Crippen molar-refractivity contribution in [2.75, 3.05) is 4.90 Å². The predicted molar refractivity (Wildman–Crippen MR) is 116 cm³/mol. The van der Waals surface area contributed by atoms with Gasteiger partial charge in [-0.05, 0) is 72.8 Å². The number of hydrogen-bond donors (Lipinski definition) is 0. The topological polar surface area (TPSA) is 50.5 Å². The van der Waals surface area contributed by atoms with Crippen LogP contribution in [0.1, 0.15) is 11.3 Å². The highest BCUT2D eigenvalue weighted by Gasteiger charge is 2.36. The molecule has 7 heteroatoms. The molecule has 1 aliphatic heterocycles. The first-order valence-electron chi connectivity index (χ1n) is 8.32. The van der Waals surface area contributed by atoms with Crippen molar-refractivity contribution in [3.63, 3.8) is 0 Å². The van der Waals surface area contributed by atoms with Crippen LogP contribution in [-0.2, 0) is 4.79 Å². The van der Waals surface area contributed by atoms with Crippen LogP contribution < -0.4 is 4.90 Å². The van der Waals surface area contributed by atoms with Crippen LogP contribution in [0.3, 0.4) is 0 Å². The Balaban J connectivity index is 1.60. The molecule has 1 fully saturated rings. The molecule has 2 aromatic carbocycles. The van der Waals surface area contributed by atoms with E-state index >= 15 is 0 Å². The first-order valence-corrected chi connectivity index (χ1v) is 10.3. The number of rotatable bonds is 3. The number of halogens is 2. The molecule has 1 aromatic heterocycles. The Kier molecular flexibility index (Phi) is 5.19. The Labute approximate surface area is 179 Å². The molecule has 0 atom stereocenters. The second kappa shape index (κ2) is 7.62. The Hall–Kier alpha value is -2.28. The van der Waals surface area contributed by atoms with Crippen LogP contribution in [0.25, 0.3) is 17.4 Å². The van der Waals surface area contributed by atoms with Crippen molar-refractivity contribution >= 4 is 62.2 Å². The molecule has 0 unspecified atom stereocenters. The Bertz CT molecular complexity index is 1120. The van der Waals surface area contributed by atoms with Crippen LogP contribution in [0.15, 0.2) is 68.4 Å². The predicted octanol–water partition coefficient (Wildman–Crippen LogP) is 6.91. The van der Waals surface area contributed by atoms with Gasteiger partial charge in [-0.15, -0.1) is 0 Å². The van der Waals surface area contributed by atoms with Gasteiger partial charge in [0, 0.05) is 21.1 Å². The van der Waals surface area contributed by atoms with Gasteiger partial charge in [0.1, 0.15) is 11.5 Å². The lowest BCUT2D eigenvalue weighted by molar-refractivity contribution is -0.113. The fourth-order valence-corrected chi connectivity index (χ4v) is 3.99. The van der Waals surface area contributed by atoms with Crippen LogP contribution in [0.4, 0.5) is 10.5 Å². The molecule has 4 rings (SSSR count). The Morgan fingerprint density at radius 2 is 1.82 bits per heavy atom. The van der Waals surface area contributed by atoms with E-state index in [1.807, 2.05) is 31.2 Å². The summed E-state index contributed by atoms with van der Waals surface area (Å²) < 4.78 is 6.89. The van der Waals surface area contributed by atoms with Crippen molar-refractivity contribution in [2.45, 2.75) is 6.92 Å². The van der Waals surface area contributed by atoms with Crippen molar-refractivity contribution in [1.82, 2.24) is 0 Å². The minimum Gasteiger partial charge on any atom is -0.457 e. The molecule has 0 radical (unpaired) electrons. The van der Waals surface area contributed by atoms with Gasteiger partial charge in [0.2, 0.25) is 0 Å². The largest absolute Gasteiger partial charge is 0.457 e. The summed E-state index contributed by atoms with van der Waals surface area (Å²) in [6.07, 6.45) is 1.59. The van der Waals surface area contributed by atoms with E-state index in [1.165, 1.54) is 0 Å². The third kappa shape index (κ3) is 3.68. The first-order chi connectivity index (χ1) is 13.4. The zero-order valence-corrected chi connectivity index (χ0v) is 17.8. The Morgan fingerprint density at radius 1 is 1.07 bits per heavy atom. The molecule has 2 heterocycles. The van der Waals surface area contributed by atoms with Crippen LogP contribution in [0.2, 0.25) is 5.02 Å². The second-order valence-electron chi connectivity index (χ2n) is 6.16. The van der Waals surface area contributed by atoms with Crippen molar-refractivity contribution in [2.24, 2.45) is 0 Å². The van der Waals surface area contributed by atoms with Gasteiger partial charge in [-0.1, -0.05) is 33.6 Å². The number of furan rings is 1. The molecule has 0 bridgehead atoms. The number of nitrogens with zero attached hydrogens (tertiary/aromatic N) is 1. The summed E-state index contributed by atoms with van der Waals surface area (Å²) in [5.74, 6) is 0.825. The molecule has 0 saturated carbocycles. The molecule has 1 aliphatic rings. The third-order valence-corrected chi connectivity index (χ3v) is 6.23. The van der Waals surface area contributed by atoms with Crippen LogP contribution in [0, 0.1) is 6.92 Å². The lowest BCUT2D eigenvalue weighted by Gasteiger charge is -2.11. The van der Waals surface area contributed by atoms with Crippen molar-refractivity contribution in [1.29, 1.82) is 0 Å². The van der Waals surface area contributed by atoms with E-state index in [-0.39, 0.29) is 11.1 Å². The van der Waals surface area contributed by atoms with Crippen molar-refractivity contribution in [3.8, 4) is 11.3 Å². The van der Waals surface area contributed by atoms with E-state index in [0.29, 0.717) is 27.1 Å². The molecule has 1 saturated heterocycles. The molecule has 2 amide bonds. The average Bonchev–Trinajstić information content (AvgIpc) is 3.24. The van der Waals surface area contributed by atoms with Gasteiger partial charge >= 0.3 is 0 Å². The summed E-state index contributed by atoms with van der Waals surface area (Å²) in [4.78, 5) is 26.5. The molecule has 140 valence electrons. The lowest BCUT2D eigenvalue weighted by atomic mass is 10.1. The molecule has 28 heavy (non-hydrogen) atoms. The van der Waals surface area contributed by atoms with Gasteiger partial charge in [-0.3, -0.25) is 9.59 Å². The summed E-state index contributed by atoms with van der Waals surface area (Å²) >= 11 is 10.2. The monoisotopic (exact) mass is 473 g/mol. The standard InChI is InChI=1S/C21H13BrClNO3S/c1-12-10-13(2-8-17(12)22)18-9-7-16(27-18)11-19-20(25)24(21(26)28-19)15-5-3-14(23)4-6-15/h2-11H,1H3/b19-11-. The van der Waals surface area contributed by atoms with E-state index in [9.17, 15) is 9.59 Å². The van der Waals surface area contributed by atoms with E-state index in [0.717, 1.165) is 32.3 Å². The lowest BCUT2D eigenvalue weighted by Crippen LogP contribution is -2.27. The third-order valence-electron chi connectivity index (χ3n) is 4.22. The number of thioether (sulfide) groups is 1. The summed E-state index contributed by atoms with van der Waals surface area (Å²) in [6, 6.07) is 16.1. The van der Waals surface area contributed by atoms with Crippen LogP contribution in [0.5, 0.6) is 0 Å². The first kappa shape index (κ1) is 19.1. The van der Waals surface area contributed by atoms with Crippen LogP contribution in [-0.4, -0.2) is 11.1 Å². The summed E-state index contributed by atoms with van der Waals surface area (Å²) in [6.45, 7) is 2.00. The van der Waals surface area contributed by atoms with Gasteiger partial charge < -0.3 is 4.42 Å². The van der Waals surface area contributed by atoms with E-state index in [2.05, 4.69) is 15.9 Å². The highest BCUT2D eigenvalue weighted by atomic mass is 79.9. The number of carbonyl (C=O) groups is 2. The van der Waals surface area contributed by atoms with Crippen molar-refractivity contribution < 1.29 is 14.0 Å². The molecule has 0 spiro atoms. The van der Waals surface area contributed by atoms with Gasteiger partial charge in [-0.2, -0.15) is 0 Å². The minimum atomic E-state index is -0.380. The maximum Gasteiger partial charge on any atom is 0.298 e. The molecular formula is C21H13BrClNO3S. The summed E-state index contributed by atoms with van der Waals surface area (Å²) in [5, 5.41) is 0.187. The Morgan fingerprint density at radius 3 is 2.54 bits per heavy atom. The normalized spacial score (nSPS) is 15.7. The van der Waals surface area contributed by atoms with Gasteiger partial charge in [-0.25, -0.2) is 4.90 Å². The molecule has 4 nitrogen and oxygen atoms in total. The molecule has 0 N–H and O–H groups in total. The maximum absolute atomic E-state index is 12.7. The maximum atomic E-state index is 12.7. The zero-order valence-electron chi connectivity index (χ0n) is 14.6. The van der Waals surface area contributed by atoms with E-state index in [1.54, 1.807) is 36.4 Å². The van der Waals surface area contributed by atoms with Crippen molar-refractivity contribution in [3.05, 3.63) is 80.3 Å². The number of carbonyl (C=O) groups excluding carboxylic acids is 2. The zero-order chi connectivity index (χ0) is 19.8. The summed E-state index contributed by atoms with van der Waals surface area (Å²) in [7, 11) is 0. The van der Waals surface area contributed by atoms with E-state index < -0.39 is 0 Å². The fraction of sp³-hybridized carbons (Fsp3) is 0.0476. The number of aryl methyl sites for hydroxylation is 1. The highest BCUT2D eigenvalue weighted by molar-refractivity contribution is 9.10. The number of hydrogen-bond acceptors (Lipinski definition) is 4. The highest BCUT2D eigenvalue weighted by Crippen LogP contribution is 2.36. The van der Waals surface area contributed by atoms with E-state index in [4.69, 9.17) is 16.0 Å². The number of amides is 2. The van der Waals surface area contributed by atoms with Gasteiger partial charge in [0.15, 0.2) is 0 Å².